The monoisotopic (exact) mass is 398 g/mol. The van der Waals surface area contributed by atoms with Gasteiger partial charge in [0.2, 0.25) is 15.9 Å². The Bertz CT molecular complexity index is 753. The van der Waals surface area contributed by atoms with Crippen molar-refractivity contribution in [3.05, 3.63) is 24.3 Å². The number of sulfonamides is 1. The molecular formula is C18H26N2O6S. The van der Waals surface area contributed by atoms with E-state index in [4.69, 9.17) is 9.84 Å². The second-order valence-corrected chi connectivity index (χ2v) is 8.73. The molecule has 0 aromatic heterocycles. The number of hydrogen-bond donors (Lipinski definition) is 3. The van der Waals surface area contributed by atoms with Crippen molar-refractivity contribution in [3.63, 3.8) is 0 Å². The molecule has 0 radical (unpaired) electrons. The van der Waals surface area contributed by atoms with E-state index in [-0.39, 0.29) is 18.1 Å². The van der Waals surface area contributed by atoms with E-state index >= 15 is 0 Å². The number of carboxylic acid groups (broad SMARTS) is 1. The summed E-state index contributed by atoms with van der Waals surface area (Å²) in [5.41, 5.74) is 0.348. The molecule has 0 bridgehead atoms. The number of rotatable bonds is 8. The van der Waals surface area contributed by atoms with Gasteiger partial charge in [0.15, 0.2) is 0 Å². The lowest BCUT2D eigenvalue weighted by molar-refractivity contribution is -0.142. The first kappa shape index (κ1) is 21.0. The van der Waals surface area contributed by atoms with Gasteiger partial charge < -0.3 is 15.2 Å². The molecule has 1 saturated carbocycles. The van der Waals surface area contributed by atoms with Crippen molar-refractivity contribution in [1.29, 1.82) is 0 Å². The molecule has 27 heavy (non-hydrogen) atoms. The predicted octanol–water partition coefficient (Wildman–Crippen LogP) is 1.98. The largest absolute Gasteiger partial charge is 0.491 e. The molecule has 1 fully saturated rings. The molecule has 1 aliphatic rings. The summed E-state index contributed by atoms with van der Waals surface area (Å²) in [7, 11) is -3.84. The van der Waals surface area contributed by atoms with Crippen LogP contribution >= 0.6 is 0 Å². The second-order valence-electron chi connectivity index (χ2n) is 7.01. The van der Waals surface area contributed by atoms with Gasteiger partial charge in [-0.2, -0.15) is 0 Å². The number of anilines is 1. The van der Waals surface area contributed by atoms with Crippen molar-refractivity contribution < 1.29 is 27.9 Å². The number of amides is 1. The van der Waals surface area contributed by atoms with Gasteiger partial charge in [0.25, 0.3) is 0 Å². The highest BCUT2D eigenvalue weighted by molar-refractivity contribution is 7.93. The van der Waals surface area contributed by atoms with E-state index in [1.54, 1.807) is 24.3 Å². The van der Waals surface area contributed by atoms with E-state index in [0.717, 1.165) is 0 Å². The Hall–Kier alpha value is -2.29. The third-order valence-corrected chi connectivity index (χ3v) is 5.45. The lowest BCUT2D eigenvalue weighted by Crippen LogP contribution is -2.42. The van der Waals surface area contributed by atoms with Crippen LogP contribution in [0.25, 0.3) is 0 Å². The van der Waals surface area contributed by atoms with Crippen molar-refractivity contribution in [3.8, 4) is 5.75 Å². The molecular weight excluding hydrogens is 372 g/mol. The normalized spacial score (nSPS) is 20.1. The molecule has 1 aromatic rings. The first-order valence-corrected chi connectivity index (χ1v) is 10.6. The van der Waals surface area contributed by atoms with Gasteiger partial charge >= 0.3 is 5.97 Å². The number of carbonyl (C=O) groups excluding carboxylic acids is 1. The minimum absolute atomic E-state index is 0.0156. The van der Waals surface area contributed by atoms with E-state index < -0.39 is 27.7 Å². The number of carbonyl (C=O) groups is 2. The van der Waals surface area contributed by atoms with Gasteiger partial charge in [0, 0.05) is 11.7 Å². The molecule has 0 aliphatic heterocycles. The third kappa shape index (κ3) is 7.09. The second kappa shape index (κ2) is 9.07. The van der Waals surface area contributed by atoms with E-state index in [0.29, 0.717) is 37.1 Å². The molecule has 0 saturated heterocycles. The van der Waals surface area contributed by atoms with Crippen LogP contribution in [0.15, 0.2) is 24.3 Å². The topological polar surface area (TPSA) is 122 Å². The highest BCUT2D eigenvalue weighted by Crippen LogP contribution is 2.24. The van der Waals surface area contributed by atoms with Crippen LogP contribution in [0.1, 0.15) is 39.5 Å². The van der Waals surface area contributed by atoms with Crippen molar-refractivity contribution in [1.82, 2.24) is 5.32 Å². The Morgan fingerprint density at radius 2 is 1.74 bits per heavy atom. The zero-order chi connectivity index (χ0) is 20.0. The van der Waals surface area contributed by atoms with Crippen LogP contribution in [0, 0.1) is 5.92 Å². The number of benzene rings is 1. The number of nitrogens with one attached hydrogen (secondary N) is 2. The van der Waals surface area contributed by atoms with Gasteiger partial charge in [-0.3, -0.25) is 14.3 Å². The van der Waals surface area contributed by atoms with Gasteiger partial charge in [-0.1, -0.05) is 0 Å². The quantitative estimate of drug-likeness (QED) is 0.615. The fourth-order valence-corrected chi connectivity index (χ4v) is 4.01. The highest BCUT2D eigenvalue weighted by atomic mass is 32.2. The lowest BCUT2D eigenvalue weighted by atomic mass is 9.86. The molecule has 9 heteroatoms. The minimum atomic E-state index is -3.84. The van der Waals surface area contributed by atoms with E-state index in [1.807, 2.05) is 13.8 Å². The summed E-state index contributed by atoms with van der Waals surface area (Å²) < 4.78 is 32.2. The summed E-state index contributed by atoms with van der Waals surface area (Å²) in [5, 5.41) is 11.7. The predicted molar refractivity (Wildman–Crippen MR) is 101 cm³/mol. The Labute approximate surface area is 159 Å². The zero-order valence-corrected chi connectivity index (χ0v) is 16.3. The summed E-state index contributed by atoms with van der Waals surface area (Å²) in [6, 6.07) is 6.26. The molecule has 3 N–H and O–H groups in total. The Kier molecular flexibility index (Phi) is 7.06. The molecule has 2 rings (SSSR count). The fourth-order valence-electron chi connectivity index (χ4n) is 3.02. The lowest BCUT2D eigenvalue weighted by Gasteiger charge is -2.26. The van der Waals surface area contributed by atoms with Crippen LogP contribution in [0.4, 0.5) is 5.69 Å². The standard InChI is InChI=1S/C18H26N2O6S/c1-12(2)26-16-9-7-15(8-10-16)20-27(24,25)11-17(21)19-14-5-3-13(4-6-14)18(22)23/h7-10,12-14,20H,3-6,11H2,1-2H3,(H,19,21)(H,22,23). The molecule has 1 amide bonds. The molecule has 0 atom stereocenters. The Morgan fingerprint density at radius 3 is 2.26 bits per heavy atom. The summed E-state index contributed by atoms with van der Waals surface area (Å²) in [6.07, 6.45) is 2.05. The van der Waals surface area contributed by atoms with E-state index in [9.17, 15) is 18.0 Å². The summed E-state index contributed by atoms with van der Waals surface area (Å²) in [5.74, 6) is -1.86. The van der Waals surface area contributed by atoms with Crippen molar-refractivity contribution >= 4 is 27.6 Å². The number of aliphatic carboxylic acids is 1. The summed E-state index contributed by atoms with van der Waals surface area (Å²) >= 11 is 0. The van der Waals surface area contributed by atoms with Gasteiger partial charge in [-0.25, -0.2) is 8.42 Å². The van der Waals surface area contributed by atoms with Crippen LogP contribution in [0.3, 0.4) is 0 Å². The van der Waals surface area contributed by atoms with Crippen LogP contribution in [-0.4, -0.2) is 43.3 Å². The molecule has 0 unspecified atom stereocenters. The molecule has 150 valence electrons. The SMILES string of the molecule is CC(C)Oc1ccc(NS(=O)(=O)CC(=O)NC2CCC(C(=O)O)CC2)cc1. The fraction of sp³-hybridized carbons (Fsp3) is 0.556. The number of carboxylic acids is 1. The zero-order valence-electron chi connectivity index (χ0n) is 15.5. The first-order chi connectivity index (χ1) is 12.6. The van der Waals surface area contributed by atoms with Gasteiger partial charge in [0.05, 0.1) is 12.0 Å². The summed E-state index contributed by atoms with van der Waals surface area (Å²) in [4.78, 5) is 23.0. The van der Waals surface area contributed by atoms with Gasteiger partial charge in [-0.15, -0.1) is 0 Å². The van der Waals surface area contributed by atoms with Crippen LogP contribution in [0.5, 0.6) is 5.75 Å². The van der Waals surface area contributed by atoms with Crippen molar-refractivity contribution in [2.45, 2.75) is 51.7 Å². The summed E-state index contributed by atoms with van der Waals surface area (Å²) in [6.45, 7) is 3.78. The first-order valence-electron chi connectivity index (χ1n) is 8.94. The molecule has 1 aromatic carbocycles. The molecule has 0 heterocycles. The maximum atomic E-state index is 12.2. The highest BCUT2D eigenvalue weighted by Gasteiger charge is 2.27. The van der Waals surface area contributed by atoms with E-state index in [2.05, 4.69) is 10.0 Å². The van der Waals surface area contributed by atoms with Crippen molar-refractivity contribution in [2.75, 3.05) is 10.5 Å². The third-order valence-electron chi connectivity index (χ3n) is 4.26. The molecule has 8 nitrogen and oxygen atoms in total. The maximum Gasteiger partial charge on any atom is 0.306 e. The average Bonchev–Trinajstić information content (AvgIpc) is 2.55. The number of ether oxygens (including phenoxy) is 1. The van der Waals surface area contributed by atoms with Gasteiger partial charge in [0.1, 0.15) is 11.5 Å². The van der Waals surface area contributed by atoms with Crippen LogP contribution in [-0.2, 0) is 19.6 Å². The van der Waals surface area contributed by atoms with Crippen LogP contribution < -0.4 is 14.8 Å². The molecule has 1 aliphatic carbocycles. The van der Waals surface area contributed by atoms with E-state index in [1.165, 1.54) is 0 Å². The smallest absolute Gasteiger partial charge is 0.306 e. The van der Waals surface area contributed by atoms with Crippen molar-refractivity contribution in [2.24, 2.45) is 5.92 Å². The van der Waals surface area contributed by atoms with Crippen LogP contribution in [0.2, 0.25) is 0 Å². The Balaban J connectivity index is 1.83. The minimum Gasteiger partial charge on any atom is -0.491 e. The average molecular weight is 398 g/mol. The Morgan fingerprint density at radius 1 is 1.15 bits per heavy atom. The molecule has 0 spiro atoms. The maximum absolute atomic E-state index is 12.2. The van der Waals surface area contributed by atoms with Gasteiger partial charge in [-0.05, 0) is 63.8 Å². The number of hydrogen-bond acceptors (Lipinski definition) is 5.